The van der Waals surface area contributed by atoms with E-state index in [1.165, 1.54) is 0 Å². The molecule has 0 unspecified atom stereocenters. The SMILES string of the molecule is O=C(O)C[C@@H](Nc1ncnc(=O)[nH]1)c1ccccc1. The fourth-order valence-electron chi connectivity index (χ4n) is 1.66. The number of hydrogen-bond acceptors (Lipinski definition) is 5. The summed E-state index contributed by atoms with van der Waals surface area (Å²) in [5, 5.41) is 11.8. The molecule has 0 saturated heterocycles. The van der Waals surface area contributed by atoms with Crippen molar-refractivity contribution in [1.29, 1.82) is 0 Å². The van der Waals surface area contributed by atoms with Gasteiger partial charge >= 0.3 is 11.7 Å². The Morgan fingerprint density at radius 2 is 2.05 bits per heavy atom. The second-order valence-electron chi connectivity index (χ2n) is 3.86. The number of nitrogens with one attached hydrogen (secondary N) is 2. The number of aromatic amines is 1. The van der Waals surface area contributed by atoms with E-state index in [9.17, 15) is 9.59 Å². The number of aromatic nitrogens is 3. The second kappa shape index (κ2) is 5.76. The van der Waals surface area contributed by atoms with Crippen molar-refractivity contribution < 1.29 is 9.90 Å². The molecule has 2 rings (SSSR count). The first-order chi connectivity index (χ1) is 9.15. The first-order valence-corrected chi connectivity index (χ1v) is 5.60. The highest BCUT2D eigenvalue weighted by Crippen LogP contribution is 2.19. The summed E-state index contributed by atoms with van der Waals surface area (Å²) in [5.74, 6) is -0.757. The summed E-state index contributed by atoms with van der Waals surface area (Å²) in [6, 6.07) is 8.60. The van der Waals surface area contributed by atoms with Crippen LogP contribution in [0.2, 0.25) is 0 Å². The fraction of sp³-hybridized carbons (Fsp3) is 0.167. The summed E-state index contributed by atoms with van der Waals surface area (Å²) in [5.41, 5.74) is 0.254. The van der Waals surface area contributed by atoms with Crippen molar-refractivity contribution in [2.75, 3.05) is 5.32 Å². The van der Waals surface area contributed by atoms with Crippen LogP contribution in [0.15, 0.2) is 41.5 Å². The molecule has 0 bridgehead atoms. The van der Waals surface area contributed by atoms with Gasteiger partial charge in [-0.05, 0) is 5.56 Å². The molecule has 19 heavy (non-hydrogen) atoms. The maximum Gasteiger partial charge on any atom is 0.349 e. The van der Waals surface area contributed by atoms with E-state index in [0.717, 1.165) is 11.9 Å². The molecule has 0 aliphatic rings. The van der Waals surface area contributed by atoms with Gasteiger partial charge in [0.15, 0.2) is 0 Å². The number of H-pyrrole nitrogens is 1. The zero-order chi connectivity index (χ0) is 13.7. The second-order valence-corrected chi connectivity index (χ2v) is 3.86. The number of nitrogens with zero attached hydrogens (tertiary/aromatic N) is 2. The van der Waals surface area contributed by atoms with Crippen LogP contribution in [0.3, 0.4) is 0 Å². The molecule has 0 aliphatic carbocycles. The van der Waals surface area contributed by atoms with E-state index in [1.54, 1.807) is 12.1 Å². The van der Waals surface area contributed by atoms with Gasteiger partial charge in [0.2, 0.25) is 5.95 Å². The van der Waals surface area contributed by atoms with Crippen molar-refractivity contribution in [2.24, 2.45) is 0 Å². The smallest absolute Gasteiger partial charge is 0.349 e. The topological polar surface area (TPSA) is 108 Å². The summed E-state index contributed by atoms with van der Waals surface area (Å²) < 4.78 is 0. The van der Waals surface area contributed by atoms with Crippen LogP contribution in [0.4, 0.5) is 5.95 Å². The van der Waals surface area contributed by atoms with Crippen molar-refractivity contribution in [2.45, 2.75) is 12.5 Å². The molecule has 0 saturated carbocycles. The Morgan fingerprint density at radius 3 is 2.68 bits per heavy atom. The van der Waals surface area contributed by atoms with Gasteiger partial charge in [-0.1, -0.05) is 30.3 Å². The van der Waals surface area contributed by atoms with Gasteiger partial charge in [0.25, 0.3) is 0 Å². The molecule has 0 radical (unpaired) electrons. The predicted octanol–water partition coefficient (Wildman–Crippen LogP) is 0.793. The maximum atomic E-state index is 11.1. The van der Waals surface area contributed by atoms with Crippen LogP contribution in [0, 0.1) is 0 Å². The number of benzene rings is 1. The zero-order valence-corrected chi connectivity index (χ0v) is 9.91. The van der Waals surface area contributed by atoms with Gasteiger partial charge in [-0.2, -0.15) is 4.98 Å². The molecule has 1 heterocycles. The van der Waals surface area contributed by atoms with Crippen molar-refractivity contribution in [3.8, 4) is 0 Å². The summed E-state index contributed by atoms with van der Waals surface area (Å²) in [6.07, 6.45) is 0.986. The average Bonchev–Trinajstić information content (AvgIpc) is 2.38. The predicted molar refractivity (Wildman–Crippen MR) is 67.7 cm³/mol. The van der Waals surface area contributed by atoms with Gasteiger partial charge < -0.3 is 10.4 Å². The van der Waals surface area contributed by atoms with Crippen molar-refractivity contribution in [3.63, 3.8) is 0 Å². The highest BCUT2D eigenvalue weighted by atomic mass is 16.4. The Labute approximate surface area is 108 Å². The Balaban J connectivity index is 2.24. The number of carboxylic acid groups (broad SMARTS) is 1. The number of rotatable bonds is 5. The van der Waals surface area contributed by atoms with Gasteiger partial charge in [0.1, 0.15) is 6.33 Å². The Hall–Kier alpha value is -2.70. The summed E-state index contributed by atoms with van der Waals surface area (Å²) in [6.45, 7) is 0. The zero-order valence-electron chi connectivity index (χ0n) is 9.91. The minimum Gasteiger partial charge on any atom is -0.481 e. The maximum absolute atomic E-state index is 11.1. The van der Waals surface area contributed by atoms with E-state index in [4.69, 9.17) is 5.11 Å². The molecule has 0 spiro atoms. The monoisotopic (exact) mass is 260 g/mol. The largest absolute Gasteiger partial charge is 0.481 e. The van der Waals surface area contributed by atoms with Gasteiger partial charge in [0, 0.05) is 0 Å². The molecule has 1 aromatic heterocycles. The number of carbonyl (C=O) groups is 1. The van der Waals surface area contributed by atoms with Crippen LogP contribution in [0.25, 0.3) is 0 Å². The van der Waals surface area contributed by atoms with Gasteiger partial charge in [-0.25, -0.2) is 9.78 Å². The van der Waals surface area contributed by atoms with Crippen LogP contribution < -0.4 is 11.0 Å². The summed E-state index contributed by atoms with van der Waals surface area (Å²) in [4.78, 5) is 31.6. The first kappa shape index (κ1) is 12.7. The van der Waals surface area contributed by atoms with Crippen LogP contribution >= 0.6 is 0 Å². The Kier molecular flexibility index (Phi) is 3.87. The molecule has 0 amide bonds. The molecule has 98 valence electrons. The quantitative estimate of drug-likeness (QED) is 0.733. The minimum absolute atomic E-state index is 0.129. The molecule has 1 aromatic carbocycles. The van der Waals surface area contributed by atoms with E-state index in [2.05, 4.69) is 20.3 Å². The lowest BCUT2D eigenvalue weighted by Crippen LogP contribution is -2.20. The Morgan fingerprint density at radius 1 is 1.32 bits per heavy atom. The first-order valence-electron chi connectivity index (χ1n) is 5.60. The number of aliphatic carboxylic acids is 1. The molecule has 0 fully saturated rings. The van der Waals surface area contributed by atoms with Crippen LogP contribution in [-0.4, -0.2) is 26.0 Å². The molecule has 7 nitrogen and oxygen atoms in total. The molecule has 0 aliphatic heterocycles. The third-order valence-electron chi connectivity index (χ3n) is 2.48. The molecule has 3 N–H and O–H groups in total. The van der Waals surface area contributed by atoms with E-state index in [-0.39, 0.29) is 12.4 Å². The third kappa shape index (κ3) is 3.63. The lowest BCUT2D eigenvalue weighted by Gasteiger charge is -2.17. The molecule has 1 atom stereocenters. The highest BCUT2D eigenvalue weighted by Gasteiger charge is 2.16. The molecule has 7 heteroatoms. The minimum atomic E-state index is -0.947. The van der Waals surface area contributed by atoms with Crippen molar-refractivity contribution in [1.82, 2.24) is 15.0 Å². The molecule has 2 aromatic rings. The summed E-state index contributed by atoms with van der Waals surface area (Å²) in [7, 11) is 0. The normalized spacial score (nSPS) is 11.8. The average molecular weight is 260 g/mol. The fourth-order valence-corrected chi connectivity index (χ4v) is 1.66. The standard InChI is InChI=1S/C12H12N4O3/c17-10(18)6-9(8-4-2-1-3-5-8)15-11-13-7-14-12(19)16-11/h1-5,7,9H,6H2,(H,17,18)(H2,13,14,15,16,19)/t9-/m1/s1. The van der Waals surface area contributed by atoms with E-state index >= 15 is 0 Å². The van der Waals surface area contributed by atoms with E-state index < -0.39 is 17.7 Å². The lowest BCUT2D eigenvalue weighted by atomic mass is 10.0. The van der Waals surface area contributed by atoms with Gasteiger partial charge in [-0.3, -0.25) is 9.78 Å². The van der Waals surface area contributed by atoms with E-state index in [1.807, 2.05) is 18.2 Å². The van der Waals surface area contributed by atoms with Gasteiger partial charge in [-0.15, -0.1) is 0 Å². The number of anilines is 1. The molecular formula is C12H12N4O3. The molecular weight excluding hydrogens is 248 g/mol. The number of hydrogen-bond donors (Lipinski definition) is 3. The van der Waals surface area contributed by atoms with Crippen LogP contribution in [0.5, 0.6) is 0 Å². The highest BCUT2D eigenvalue weighted by molar-refractivity contribution is 5.68. The Bertz CT molecular complexity index is 612. The van der Waals surface area contributed by atoms with Gasteiger partial charge in [0.05, 0.1) is 12.5 Å². The number of carboxylic acids is 1. The lowest BCUT2D eigenvalue weighted by molar-refractivity contribution is -0.137. The van der Waals surface area contributed by atoms with Crippen molar-refractivity contribution >= 4 is 11.9 Å². The summed E-state index contributed by atoms with van der Waals surface area (Å²) >= 11 is 0. The third-order valence-corrected chi connectivity index (χ3v) is 2.48. The van der Waals surface area contributed by atoms with Crippen molar-refractivity contribution in [3.05, 3.63) is 52.7 Å². The van der Waals surface area contributed by atoms with E-state index in [0.29, 0.717) is 0 Å². The van der Waals surface area contributed by atoms with Crippen LogP contribution in [-0.2, 0) is 4.79 Å². The van der Waals surface area contributed by atoms with Crippen LogP contribution in [0.1, 0.15) is 18.0 Å².